The third kappa shape index (κ3) is 4.02. The summed E-state index contributed by atoms with van der Waals surface area (Å²) in [7, 11) is 0. The summed E-state index contributed by atoms with van der Waals surface area (Å²) < 4.78 is 11.1. The second-order valence-corrected chi connectivity index (χ2v) is 6.77. The Labute approximate surface area is 167 Å². The van der Waals surface area contributed by atoms with Gasteiger partial charge in [-0.2, -0.15) is 0 Å². The van der Waals surface area contributed by atoms with Crippen molar-refractivity contribution in [2.45, 2.75) is 6.92 Å². The average Bonchev–Trinajstić information content (AvgIpc) is 2.71. The molecule has 0 spiro atoms. The summed E-state index contributed by atoms with van der Waals surface area (Å²) in [5.74, 6) is 1.15. The monoisotopic (exact) mass is 395 g/mol. The predicted molar refractivity (Wildman–Crippen MR) is 109 cm³/mol. The van der Waals surface area contributed by atoms with Gasteiger partial charge in [-0.1, -0.05) is 17.7 Å². The second kappa shape index (κ2) is 7.78. The maximum Gasteiger partial charge on any atom is 0.257 e. The largest absolute Gasteiger partial charge is 0.486 e. The van der Waals surface area contributed by atoms with Gasteiger partial charge in [0, 0.05) is 28.7 Å². The first kappa shape index (κ1) is 18.1. The van der Waals surface area contributed by atoms with E-state index >= 15 is 0 Å². The molecular weight excluding hydrogens is 378 g/mol. The first-order valence-electron chi connectivity index (χ1n) is 8.78. The van der Waals surface area contributed by atoms with Crippen LogP contribution in [0.15, 0.2) is 54.9 Å². The summed E-state index contributed by atoms with van der Waals surface area (Å²) in [5.41, 5.74) is 3.51. The highest BCUT2D eigenvalue weighted by molar-refractivity contribution is 6.31. The van der Waals surface area contributed by atoms with Crippen molar-refractivity contribution in [3.8, 4) is 11.5 Å². The minimum Gasteiger partial charge on any atom is -0.486 e. The highest BCUT2D eigenvalue weighted by Crippen LogP contribution is 2.33. The lowest BCUT2D eigenvalue weighted by atomic mass is 10.2. The van der Waals surface area contributed by atoms with Crippen molar-refractivity contribution >= 4 is 34.6 Å². The molecule has 4 rings (SSSR count). The lowest BCUT2D eigenvalue weighted by molar-refractivity contribution is 0.102. The number of pyridine rings is 1. The molecule has 0 atom stereocenters. The number of aryl methyl sites for hydroxylation is 1. The molecule has 0 fully saturated rings. The second-order valence-electron chi connectivity index (χ2n) is 6.36. The molecule has 2 heterocycles. The summed E-state index contributed by atoms with van der Waals surface area (Å²) in [5, 5.41) is 6.66. The minimum atomic E-state index is -0.266. The van der Waals surface area contributed by atoms with Gasteiger partial charge < -0.3 is 20.1 Å². The number of rotatable bonds is 4. The van der Waals surface area contributed by atoms with Crippen LogP contribution in [0.25, 0.3) is 0 Å². The van der Waals surface area contributed by atoms with Crippen LogP contribution in [0.2, 0.25) is 5.02 Å². The van der Waals surface area contributed by atoms with E-state index in [2.05, 4.69) is 15.6 Å². The first-order chi connectivity index (χ1) is 13.6. The molecule has 142 valence electrons. The number of nitrogens with zero attached hydrogens (tertiary/aromatic N) is 1. The molecule has 3 aromatic rings. The zero-order valence-electron chi connectivity index (χ0n) is 15.2. The molecule has 7 heteroatoms. The van der Waals surface area contributed by atoms with Crippen LogP contribution in [0.4, 0.5) is 17.1 Å². The molecular formula is C21H18ClN3O3. The molecule has 28 heavy (non-hydrogen) atoms. The number of benzene rings is 2. The van der Waals surface area contributed by atoms with Crippen molar-refractivity contribution < 1.29 is 14.3 Å². The molecule has 0 saturated heterocycles. The maximum absolute atomic E-state index is 12.5. The first-order valence-corrected chi connectivity index (χ1v) is 9.15. The number of ether oxygens (including phenoxy) is 2. The van der Waals surface area contributed by atoms with E-state index in [4.69, 9.17) is 21.1 Å². The van der Waals surface area contributed by atoms with Crippen LogP contribution in [0.3, 0.4) is 0 Å². The van der Waals surface area contributed by atoms with Crippen molar-refractivity contribution in [1.29, 1.82) is 0 Å². The maximum atomic E-state index is 12.5. The van der Waals surface area contributed by atoms with Gasteiger partial charge in [-0.05, 0) is 42.8 Å². The lowest BCUT2D eigenvalue weighted by Crippen LogP contribution is -2.15. The lowest BCUT2D eigenvalue weighted by Gasteiger charge is -2.19. The molecule has 0 radical (unpaired) electrons. The van der Waals surface area contributed by atoms with Crippen LogP contribution in [0, 0.1) is 6.92 Å². The highest BCUT2D eigenvalue weighted by atomic mass is 35.5. The van der Waals surface area contributed by atoms with Crippen LogP contribution in [-0.2, 0) is 0 Å². The van der Waals surface area contributed by atoms with Crippen molar-refractivity contribution in [2.24, 2.45) is 0 Å². The Kier molecular flexibility index (Phi) is 5.04. The predicted octanol–water partition coefficient (Wildman–Crippen LogP) is 4.81. The molecule has 1 aromatic heterocycles. The standard InChI is InChI=1S/C21H18ClN3O3/c1-13-2-3-15(9-18(13)22)25-21(26)14-8-17(12-23-11-14)24-16-4-5-19-20(10-16)28-7-6-27-19/h2-5,8-12,24H,6-7H2,1H3,(H,25,26). The summed E-state index contributed by atoms with van der Waals surface area (Å²) in [4.78, 5) is 16.7. The van der Waals surface area contributed by atoms with Gasteiger partial charge in [0.05, 0.1) is 17.4 Å². The fourth-order valence-electron chi connectivity index (χ4n) is 2.79. The fourth-order valence-corrected chi connectivity index (χ4v) is 2.97. The topological polar surface area (TPSA) is 72.5 Å². The zero-order chi connectivity index (χ0) is 19.5. The van der Waals surface area contributed by atoms with E-state index in [1.54, 1.807) is 18.3 Å². The van der Waals surface area contributed by atoms with E-state index in [-0.39, 0.29) is 5.91 Å². The van der Waals surface area contributed by atoms with Gasteiger partial charge in [-0.3, -0.25) is 9.78 Å². The smallest absolute Gasteiger partial charge is 0.257 e. The number of hydrogen-bond acceptors (Lipinski definition) is 5. The quantitative estimate of drug-likeness (QED) is 0.663. The summed E-state index contributed by atoms with van der Waals surface area (Å²) >= 11 is 6.12. The van der Waals surface area contributed by atoms with Crippen LogP contribution < -0.4 is 20.1 Å². The normalized spacial score (nSPS) is 12.4. The van der Waals surface area contributed by atoms with Crippen LogP contribution in [0.1, 0.15) is 15.9 Å². The SMILES string of the molecule is Cc1ccc(NC(=O)c2cncc(Nc3ccc4c(c3)OCCO4)c2)cc1Cl. The number of amides is 1. The molecule has 2 aromatic carbocycles. The van der Waals surface area contributed by atoms with E-state index in [0.29, 0.717) is 40.9 Å². The Balaban J connectivity index is 1.49. The Morgan fingerprint density at radius 2 is 1.75 bits per heavy atom. The minimum absolute atomic E-state index is 0.266. The van der Waals surface area contributed by atoms with Gasteiger partial charge in [0.25, 0.3) is 5.91 Å². The van der Waals surface area contributed by atoms with Crippen molar-refractivity contribution in [3.63, 3.8) is 0 Å². The number of anilines is 3. The number of nitrogens with one attached hydrogen (secondary N) is 2. The van der Waals surface area contributed by atoms with Gasteiger partial charge in [0.2, 0.25) is 0 Å². The third-order valence-corrected chi connectivity index (χ3v) is 4.67. The molecule has 2 N–H and O–H groups in total. The third-order valence-electron chi connectivity index (χ3n) is 4.26. The van der Waals surface area contributed by atoms with Crippen LogP contribution in [0.5, 0.6) is 11.5 Å². The summed E-state index contributed by atoms with van der Waals surface area (Å²) in [6, 6.07) is 12.7. The number of aromatic nitrogens is 1. The van der Waals surface area contributed by atoms with E-state index in [1.165, 1.54) is 6.20 Å². The number of hydrogen-bond donors (Lipinski definition) is 2. The van der Waals surface area contributed by atoms with E-state index in [0.717, 1.165) is 17.0 Å². The number of halogens is 1. The Morgan fingerprint density at radius 1 is 0.964 bits per heavy atom. The molecule has 0 saturated carbocycles. The van der Waals surface area contributed by atoms with Crippen molar-refractivity contribution in [1.82, 2.24) is 4.98 Å². The Hall–Kier alpha value is -3.25. The van der Waals surface area contributed by atoms with Crippen LogP contribution in [-0.4, -0.2) is 24.1 Å². The molecule has 6 nitrogen and oxygen atoms in total. The Bertz CT molecular complexity index is 1040. The van der Waals surface area contributed by atoms with Gasteiger partial charge >= 0.3 is 0 Å². The highest BCUT2D eigenvalue weighted by Gasteiger charge is 2.13. The van der Waals surface area contributed by atoms with E-state index < -0.39 is 0 Å². The van der Waals surface area contributed by atoms with Crippen molar-refractivity contribution in [3.05, 3.63) is 71.0 Å². The van der Waals surface area contributed by atoms with E-state index in [9.17, 15) is 4.79 Å². The summed E-state index contributed by atoms with van der Waals surface area (Å²) in [6.45, 7) is 2.98. The molecule has 1 aliphatic rings. The molecule has 1 amide bonds. The van der Waals surface area contributed by atoms with Gasteiger partial charge in [-0.15, -0.1) is 0 Å². The summed E-state index contributed by atoms with van der Waals surface area (Å²) in [6.07, 6.45) is 3.16. The number of fused-ring (bicyclic) bond motifs is 1. The molecule has 0 aliphatic carbocycles. The van der Waals surface area contributed by atoms with Gasteiger partial charge in [0.15, 0.2) is 11.5 Å². The fraction of sp³-hybridized carbons (Fsp3) is 0.143. The average molecular weight is 396 g/mol. The van der Waals surface area contributed by atoms with Gasteiger partial charge in [-0.25, -0.2) is 0 Å². The van der Waals surface area contributed by atoms with Crippen LogP contribution >= 0.6 is 11.6 Å². The molecule has 0 unspecified atom stereocenters. The number of carbonyl (C=O) groups excluding carboxylic acids is 1. The van der Waals surface area contributed by atoms with E-state index in [1.807, 2.05) is 37.3 Å². The van der Waals surface area contributed by atoms with Crippen molar-refractivity contribution in [2.75, 3.05) is 23.8 Å². The molecule has 0 bridgehead atoms. The number of carbonyl (C=O) groups is 1. The Morgan fingerprint density at radius 3 is 2.57 bits per heavy atom. The zero-order valence-corrected chi connectivity index (χ0v) is 15.9. The van der Waals surface area contributed by atoms with Gasteiger partial charge in [0.1, 0.15) is 13.2 Å². The molecule has 1 aliphatic heterocycles.